The summed E-state index contributed by atoms with van der Waals surface area (Å²) < 4.78 is 1.74. The Hall–Kier alpha value is -3.75. The Labute approximate surface area is 168 Å². The smallest absolute Gasteiger partial charge is 0.275 e. The Kier molecular flexibility index (Phi) is 5.87. The summed E-state index contributed by atoms with van der Waals surface area (Å²) in [6.45, 7) is 5.20. The monoisotopic (exact) mass is 393 g/mol. The molecule has 0 aliphatic rings. The first-order valence-corrected chi connectivity index (χ1v) is 9.13. The lowest BCUT2D eigenvalue weighted by atomic mass is 10.1. The van der Waals surface area contributed by atoms with Gasteiger partial charge in [-0.15, -0.1) is 0 Å². The van der Waals surface area contributed by atoms with Crippen LogP contribution in [0.3, 0.4) is 0 Å². The van der Waals surface area contributed by atoms with Crippen LogP contribution in [0.4, 0.5) is 5.82 Å². The molecule has 0 aliphatic carbocycles. The summed E-state index contributed by atoms with van der Waals surface area (Å²) in [5.74, 6) is -0.00455. The standard InChI is InChI=1S/C20H23N7O2/c1-12(2)23-19-17(20(29)26-25-13(3)28)10-21-18(24-19)15-7-5-6-14(8-15)16-9-22-27(4)11-16/h5-12H,1-4H3,(H,25,28)(H,26,29)(H,21,23,24). The maximum atomic E-state index is 12.4. The van der Waals surface area contributed by atoms with E-state index in [1.807, 2.05) is 51.4 Å². The van der Waals surface area contributed by atoms with Gasteiger partial charge in [-0.25, -0.2) is 9.97 Å². The quantitative estimate of drug-likeness (QED) is 0.572. The lowest BCUT2D eigenvalue weighted by molar-refractivity contribution is -0.119. The largest absolute Gasteiger partial charge is 0.367 e. The van der Waals surface area contributed by atoms with Gasteiger partial charge < -0.3 is 5.32 Å². The van der Waals surface area contributed by atoms with Gasteiger partial charge in [-0.05, 0) is 25.5 Å². The van der Waals surface area contributed by atoms with Crippen LogP contribution >= 0.6 is 0 Å². The third kappa shape index (κ3) is 4.95. The number of hydrazine groups is 1. The molecule has 0 spiro atoms. The van der Waals surface area contributed by atoms with Gasteiger partial charge in [-0.3, -0.25) is 25.1 Å². The van der Waals surface area contributed by atoms with E-state index in [4.69, 9.17) is 0 Å². The van der Waals surface area contributed by atoms with E-state index in [1.54, 1.807) is 10.9 Å². The van der Waals surface area contributed by atoms with E-state index in [-0.39, 0.29) is 17.5 Å². The van der Waals surface area contributed by atoms with E-state index in [0.29, 0.717) is 11.6 Å². The number of rotatable bonds is 5. The first-order chi connectivity index (χ1) is 13.8. The Morgan fingerprint density at radius 1 is 1.07 bits per heavy atom. The Balaban J connectivity index is 1.96. The van der Waals surface area contributed by atoms with Crippen molar-refractivity contribution in [2.45, 2.75) is 26.8 Å². The summed E-state index contributed by atoms with van der Waals surface area (Å²) in [5, 5.41) is 7.37. The number of aryl methyl sites for hydroxylation is 1. The number of hydrogen-bond donors (Lipinski definition) is 3. The molecule has 0 saturated heterocycles. The molecule has 0 atom stereocenters. The predicted octanol–water partition coefficient (Wildman–Crippen LogP) is 2.15. The van der Waals surface area contributed by atoms with Crippen molar-refractivity contribution in [2.24, 2.45) is 7.05 Å². The normalized spacial score (nSPS) is 10.7. The molecule has 3 N–H and O–H groups in total. The zero-order chi connectivity index (χ0) is 21.0. The van der Waals surface area contributed by atoms with Crippen LogP contribution < -0.4 is 16.2 Å². The lowest BCUT2D eigenvalue weighted by Crippen LogP contribution is -2.40. The minimum absolute atomic E-state index is 0.0480. The van der Waals surface area contributed by atoms with Gasteiger partial charge in [-0.2, -0.15) is 5.10 Å². The first kappa shape index (κ1) is 20.0. The van der Waals surface area contributed by atoms with E-state index >= 15 is 0 Å². The molecule has 3 aromatic rings. The summed E-state index contributed by atoms with van der Waals surface area (Å²) >= 11 is 0. The molecule has 1 aromatic carbocycles. The highest BCUT2D eigenvalue weighted by Gasteiger charge is 2.17. The number of benzene rings is 1. The molecule has 0 aliphatic heterocycles. The fourth-order valence-corrected chi connectivity index (χ4v) is 2.69. The average molecular weight is 393 g/mol. The van der Waals surface area contributed by atoms with Crippen molar-refractivity contribution in [1.29, 1.82) is 0 Å². The van der Waals surface area contributed by atoms with Crippen LogP contribution in [0.1, 0.15) is 31.1 Å². The van der Waals surface area contributed by atoms with Gasteiger partial charge in [0.25, 0.3) is 5.91 Å². The van der Waals surface area contributed by atoms with Gasteiger partial charge in [0.05, 0.1) is 6.20 Å². The molecule has 9 heteroatoms. The van der Waals surface area contributed by atoms with Gasteiger partial charge in [0.1, 0.15) is 11.4 Å². The van der Waals surface area contributed by atoms with Gasteiger partial charge in [0.15, 0.2) is 5.82 Å². The number of hydrogen-bond acceptors (Lipinski definition) is 6. The zero-order valence-corrected chi connectivity index (χ0v) is 16.7. The summed E-state index contributed by atoms with van der Waals surface area (Å²) in [6, 6.07) is 7.84. The van der Waals surface area contributed by atoms with Crippen molar-refractivity contribution in [2.75, 3.05) is 5.32 Å². The molecule has 0 radical (unpaired) electrons. The van der Waals surface area contributed by atoms with Gasteiger partial charge in [0, 0.05) is 43.5 Å². The number of nitrogens with zero attached hydrogens (tertiary/aromatic N) is 4. The van der Waals surface area contributed by atoms with E-state index in [2.05, 4.69) is 31.2 Å². The van der Waals surface area contributed by atoms with E-state index in [0.717, 1.165) is 16.7 Å². The molecule has 2 heterocycles. The summed E-state index contributed by atoms with van der Waals surface area (Å²) in [6.07, 6.45) is 5.17. The maximum Gasteiger partial charge on any atom is 0.275 e. The zero-order valence-electron chi connectivity index (χ0n) is 16.7. The summed E-state index contributed by atoms with van der Waals surface area (Å²) in [7, 11) is 1.87. The number of carbonyl (C=O) groups is 2. The molecule has 0 unspecified atom stereocenters. The average Bonchev–Trinajstić information content (AvgIpc) is 3.12. The molecule has 29 heavy (non-hydrogen) atoms. The number of aromatic nitrogens is 4. The van der Waals surface area contributed by atoms with Crippen molar-refractivity contribution in [1.82, 2.24) is 30.6 Å². The first-order valence-electron chi connectivity index (χ1n) is 9.13. The molecule has 0 bridgehead atoms. The van der Waals surface area contributed by atoms with Crippen molar-refractivity contribution in [3.63, 3.8) is 0 Å². The van der Waals surface area contributed by atoms with Crippen LogP contribution in [-0.4, -0.2) is 37.6 Å². The molecular weight excluding hydrogens is 370 g/mol. The number of nitrogens with one attached hydrogen (secondary N) is 3. The number of amides is 2. The summed E-state index contributed by atoms with van der Waals surface area (Å²) in [5.41, 5.74) is 7.63. The molecule has 3 rings (SSSR count). The van der Waals surface area contributed by atoms with Crippen molar-refractivity contribution < 1.29 is 9.59 Å². The third-order valence-electron chi connectivity index (χ3n) is 3.97. The summed E-state index contributed by atoms with van der Waals surface area (Å²) in [4.78, 5) is 32.4. The highest BCUT2D eigenvalue weighted by molar-refractivity contribution is 5.99. The van der Waals surface area contributed by atoms with Gasteiger partial charge in [0.2, 0.25) is 5.91 Å². The third-order valence-corrected chi connectivity index (χ3v) is 3.97. The molecule has 2 aromatic heterocycles. The topological polar surface area (TPSA) is 114 Å². The predicted molar refractivity (Wildman–Crippen MR) is 110 cm³/mol. The van der Waals surface area contributed by atoms with Crippen LogP contribution in [0.15, 0.2) is 42.9 Å². The highest BCUT2D eigenvalue weighted by Crippen LogP contribution is 2.25. The lowest BCUT2D eigenvalue weighted by Gasteiger charge is -2.15. The highest BCUT2D eigenvalue weighted by atomic mass is 16.2. The molecule has 2 amide bonds. The molecule has 9 nitrogen and oxygen atoms in total. The molecule has 150 valence electrons. The second-order valence-corrected chi connectivity index (χ2v) is 6.87. The Bertz CT molecular complexity index is 1040. The Morgan fingerprint density at radius 3 is 2.48 bits per heavy atom. The van der Waals surface area contributed by atoms with Crippen LogP contribution in [-0.2, 0) is 11.8 Å². The van der Waals surface area contributed by atoms with E-state index < -0.39 is 5.91 Å². The van der Waals surface area contributed by atoms with E-state index in [9.17, 15) is 9.59 Å². The number of anilines is 1. The second kappa shape index (κ2) is 8.51. The van der Waals surface area contributed by atoms with E-state index in [1.165, 1.54) is 13.1 Å². The van der Waals surface area contributed by atoms with Gasteiger partial charge >= 0.3 is 0 Å². The van der Waals surface area contributed by atoms with Gasteiger partial charge in [-0.1, -0.05) is 18.2 Å². The van der Waals surface area contributed by atoms with Crippen molar-refractivity contribution >= 4 is 17.6 Å². The Morgan fingerprint density at radius 2 is 1.83 bits per heavy atom. The van der Waals surface area contributed by atoms with Crippen LogP contribution in [0.2, 0.25) is 0 Å². The molecule has 0 fully saturated rings. The SMILES string of the molecule is CC(=O)NNC(=O)c1cnc(-c2cccc(-c3cnn(C)c3)c2)nc1NC(C)C. The fourth-order valence-electron chi connectivity index (χ4n) is 2.69. The second-order valence-electron chi connectivity index (χ2n) is 6.87. The van der Waals surface area contributed by atoms with Crippen LogP contribution in [0, 0.1) is 0 Å². The molecule has 0 saturated carbocycles. The van der Waals surface area contributed by atoms with Crippen LogP contribution in [0.25, 0.3) is 22.5 Å². The van der Waals surface area contributed by atoms with Crippen molar-refractivity contribution in [3.8, 4) is 22.5 Å². The van der Waals surface area contributed by atoms with Crippen molar-refractivity contribution in [3.05, 3.63) is 48.4 Å². The minimum atomic E-state index is -0.501. The van der Waals surface area contributed by atoms with Crippen LogP contribution in [0.5, 0.6) is 0 Å². The molecular formula is C20H23N7O2. The number of carbonyl (C=O) groups excluding carboxylic acids is 2. The maximum absolute atomic E-state index is 12.4. The fraction of sp³-hybridized carbons (Fsp3) is 0.250. The minimum Gasteiger partial charge on any atom is -0.367 e.